The van der Waals surface area contributed by atoms with Crippen LogP contribution in [0.15, 0.2) is 55.2 Å². The minimum Gasteiger partial charge on any atom is -0.383 e. The topological polar surface area (TPSA) is 64.7 Å². The summed E-state index contributed by atoms with van der Waals surface area (Å²) >= 11 is 0. The van der Waals surface area contributed by atoms with Crippen LogP contribution in [0.4, 0.5) is 5.82 Å². The van der Waals surface area contributed by atoms with Crippen LogP contribution in [0.1, 0.15) is 5.56 Å². The third-order valence-corrected chi connectivity index (χ3v) is 3.33. The van der Waals surface area contributed by atoms with Gasteiger partial charge in [0, 0.05) is 42.1 Å². The van der Waals surface area contributed by atoms with Crippen molar-refractivity contribution in [2.75, 3.05) is 5.73 Å². The van der Waals surface area contributed by atoms with E-state index in [0.717, 1.165) is 27.8 Å². The van der Waals surface area contributed by atoms with E-state index in [0.29, 0.717) is 5.82 Å². The van der Waals surface area contributed by atoms with Gasteiger partial charge in [-0.1, -0.05) is 0 Å². The highest BCUT2D eigenvalue weighted by molar-refractivity contribution is 5.83. The summed E-state index contributed by atoms with van der Waals surface area (Å²) in [5.41, 5.74) is 11.3. The Morgan fingerprint density at radius 3 is 2.00 bits per heavy atom. The second-order valence-corrected chi connectivity index (χ2v) is 4.53. The first kappa shape index (κ1) is 12.3. The predicted octanol–water partition coefficient (Wildman–Crippen LogP) is 3.10. The molecule has 2 N–H and O–H groups in total. The minimum atomic E-state index is 0.534. The molecule has 0 aromatic carbocycles. The first-order valence-electron chi connectivity index (χ1n) is 6.33. The quantitative estimate of drug-likeness (QED) is 0.770. The van der Waals surface area contributed by atoms with Gasteiger partial charge in [0.05, 0.1) is 0 Å². The van der Waals surface area contributed by atoms with Crippen LogP contribution >= 0.6 is 0 Å². The Bertz CT molecular complexity index is 724. The number of pyridine rings is 3. The molecule has 4 nitrogen and oxygen atoms in total. The zero-order valence-electron chi connectivity index (χ0n) is 11.1. The molecule has 4 heteroatoms. The fourth-order valence-corrected chi connectivity index (χ4v) is 2.33. The van der Waals surface area contributed by atoms with Crippen molar-refractivity contribution in [2.24, 2.45) is 0 Å². The molecule has 0 fully saturated rings. The van der Waals surface area contributed by atoms with Crippen molar-refractivity contribution in [2.45, 2.75) is 6.92 Å². The Balaban J connectivity index is 2.22. The molecule has 0 bridgehead atoms. The molecular weight excluding hydrogens is 248 g/mol. The van der Waals surface area contributed by atoms with Gasteiger partial charge in [-0.2, -0.15) is 0 Å². The lowest BCUT2D eigenvalue weighted by atomic mass is 9.95. The van der Waals surface area contributed by atoms with Crippen molar-refractivity contribution in [3.05, 3.63) is 60.8 Å². The molecule has 0 amide bonds. The van der Waals surface area contributed by atoms with Gasteiger partial charge in [0.2, 0.25) is 0 Å². The van der Waals surface area contributed by atoms with Crippen LogP contribution in [0.2, 0.25) is 0 Å². The van der Waals surface area contributed by atoms with Gasteiger partial charge in [-0.15, -0.1) is 0 Å². The molecule has 3 heterocycles. The van der Waals surface area contributed by atoms with Gasteiger partial charge in [-0.3, -0.25) is 9.97 Å². The number of aromatic nitrogens is 3. The summed E-state index contributed by atoms with van der Waals surface area (Å²) in [5.74, 6) is 0.534. The average molecular weight is 262 g/mol. The lowest BCUT2D eigenvalue weighted by molar-refractivity contribution is 1.27. The summed E-state index contributed by atoms with van der Waals surface area (Å²) in [5, 5.41) is 0. The average Bonchev–Trinajstić information content (AvgIpc) is 2.49. The van der Waals surface area contributed by atoms with Gasteiger partial charge in [0.15, 0.2) is 0 Å². The van der Waals surface area contributed by atoms with Gasteiger partial charge < -0.3 is 5.73 Å². The van der Waals surface area contributed by atoms with E-state index in [1.165, 1.54) is 0 Å². The van der Waals surface area contributed by atoms with Gasteiger partial charge >= 0.3 is 0 Å². The van der Waals surface area contributed by atoms with Crippen LogP contribution in [-0.2, 0) is 0 Å². The van der Waals surface area contributed by atoms with E-state index in [-0.39, 0.29) is 0 Å². The Kier molecular flexibility index (Phi) is 3.13. The first-order valence-corrected chi connectivity index (χ1v) is 6.33. The Hall–Kier alpha value is -2.75. The maximum atomic E-state index is 6.06. The van der Waals surface area contributed by atoms with Crippen LogP contribution in [0.5, 0.6) is 0 Å². The summed E-state index contributed by atoms with van der Waals surface area (Å²) in [7, 11) is 0. The number of hydrogen-bond acceptors (Lipinski definition) is 4. The number of anilines is 1. The molecule has 0 spiro atoms. The molecule has 20 heavy (non-hydrogen) atoms. The molecular formula is C16H14N4. The largest absolute Gasteiger partial charge is 0.383 e. The normalized spacial score (nSPS) is 10.4. The molecule has 0 aliphatic rings. The van der Waals surface area contributed by atoms with Crippen LogP contribution in [-0.4, -0.2) is 15.0 Å². The van der Waals surface area contributed by atoms with E-state index in [1.54, 1.807) is 24.8 Å². The standard InChI is InChI=1S/C16H14N4/c1-11-14(12-2-6-18-7-3-12)10-20-16(17)15(11)13-4-8-19-9-5-13/h2-10H,1H3,(H2,17,20). The number of hydrogen-bond donors (Lipinski definition) is 1. The van der Waals surface area contributed by atoms with Crippen molar-refractivity contribution in [3.8, 4) is 22.3 Å². The van der Waals surface area contributed by atoms with Crippen LogP contribution in [0.3, 0.4) is 0 Å². The van der Waals surface area contributed by atoms with Crippen LogP contribution in [0.25, 0.3) is 22.3 Å². The van der Waals surface area contributed by atoms with Gasteiger partial charge in [-0.25, -0.2) is 4.98 Å². The van der Waals surface area contributed by atoms with E-state index < -0.39 is 0 Å². The van der Waals surface area contributed by atoms with E-state index in [9.17, 15) is 0 Å². The molecule has 98 valence electrons. The molecule has 0 radical (unpaired) electrons. The van der Waals surface area contributed by atoms with Crippen molar-refractivity contribution >= 4 is 5.82 Å². The van der Waals surface area contributed by atoms with E-state index in [2.05, 4.69) is 21.9 Å². The molecule has 3 aromatic rings. The highest BCUT2D eigenvalue weighted by atomic mass is 14.8. The second kappa shape index (κ2) is 5.09. The van der Waals surface area contributed by atoms with Crippen LogP contribution in [0, 0.1) is 6.92 Å². The minimum absolute atomic E-state index is 0.534. The van der Waals surface area contributed by atoms with E-state index in [4.69, 9.17) is 5.73 Å². The number of rotatable bonds is 2. The summed E-state index contributed by atoms with van der Waals surface area (Å²) in [4.78, 5) is 12.4. The summed E-state index contributed by atoms with van der Waals surface area (Å²) in [6.07, 6.45) is 8.87. The number of nitrogens with zero attached hydrogens (tertiary/aromatic N) is 3. The maximum absolute atomic E-state index is 6.06. The fourth-order valence-electron chi connectivity index (χ4n) is 2.33. The Morgan fingerprint density at radius 1 is 0.850 bits per heavy atom. The van der Waals surface area contributed by atoms with Crippen molar-refractivity contribution in [3.63, 3.8) is 0 Å². The second-order valence-electron chi connectivity index (χ2n) is 4.53. The highest BCUT2D eigenvalue weighted by Crippen LogP contribution is 2.33. The van der Waals surface area contributed by atoms with E-state index in [1.807, 2.05) is 30.5 Å². The maximum Gasteiger partial charge on any atom is 0.131 e. The van der Waals surface area contributed by atoms with Gasteiger partial charge in [-0.05, 0) is 47.9 Å². The molecule has 0 saturated heterocycles. The Morgan fingerprint density at radius 2 is 1.40 bits per heavy atom. The van der Waals surface area contributed by atoms with E-state index >= 15 is 0 Å². The predicted molar refractivity (Wildman–Crippen MR) is 79.8 cm³/mol. The Labute approximate surface area is 117 Å². The molecule has 0 unspecified atom stereocenters. The first-order chi connectivity index (χ1) is 9.77. The zero-order valence-corrected chi connectivity index (χ0v) is 11.1. The fraction of sp³-hybridized carbons (Fsp3) is 0.0625. The summed E-state index contributed by atoms with van der Waals surface area (Å²) in [6.45, 7) is 2.06. The summed E-state index contributed by atoms with van der Waals surface area (Å²) < 4.78 is 0. The third-order valence-electron chi connectivity index (χ3n) is 3.33. The van der Waals surface area contributed by atoms with Crippen molar-refractivity contribution in [1.29, 1.82) is 0 Å². The molecule has 0 saturated carbocycles. The van der Waals surface area contributed by atoms with Gasteiger partial charge in [0.25, 0.3) is 0 Å². The lowest BCUT2D eigenvalue weighted by Crippen LogP contribution is -1.99. The monoisotopic (exact) mass is 262 g/mol. The molecule has 0 aliphatic carbocycles. The lowest BCUT2D eigenvalue weighted by Gasteiger charge is -2.13. The zero-order chi connectivity index (χ0) is 13.9. The van der Waals surface area contributed by atoms with Crippen molar-refractivity contribution in [1.82, 2.24) is 15.0 Å². The number of nitrogens with two attached hydrogens (primary N) is 1. The van der Waals surface area contributed by atoms with Gasteiger partial charge in [0.1, 0.15) is 5.82 Å². The third kappa shape index (κ3) is 2.12. The molecule has 0 aliphatic heterocycles. The van der Waals surface area contributed by atoms with Crippen LogP contribution < -0.4 is 5.73 Å². The number of nitrogen functional groups attached to an aromatic ring is 1. The highest BCUT2D eigenvalue weighted by Gasteiger charge is 2.12. The molecule has 3 aromatic heterocycles. The molecule has 0 atom stereocenters. The summed E-state index contributed by atoms with van der Waals surface area (Å²) in [6, 6.07) is 7.82. The van der Waals surface area contributed by atoms with Crippen molar-refractivity contribution < 1.29 is 0 Å². The smallest absolute Gasteiger partial charge is 0.131 e. The SMILES string of the molecule is Cc1c(-c2ccncc2)cnc(N)c1-c1ccncc1. The molecule has 3 rings (SSSR count).